The van der Waals surface area contributed by atoms with Gasteiger partial charge in [-0.25, -0.2) is 4.79 Å². The van der Waals surface area contributed by atoms with E-state index in [0.717, 1.165) is 35.4 Å². The van der Waals surface area contributed by atoms with Gasteiger partial charge in [0.05, 0.1) is 11.6 Å². The molecule has 150 valence electrons. The summed E-state index contributed by atoms with van der Waals surface area (Å²) in [6, 6.07) is 11.7. The highest BCUT2D eigenvalue weighted by Gasteiger charge is 2.31. The summed E-state index contributed by atoms with van der Waals surface area (Å²) in [5.41, 5.74) is 2.05. The van der Waals surface area contributed by atoms with Gasteiger partial charge in [-0.15, -0.1) is 13.2 Å². The molecule has 2 rings (SSSR count). The summed E-state index contributed by atoms with van der Waals surface area (Å²) in [5, 5.41) is 2.78. The Kier molecular flexibility index (Phi) is 7.03. The Bertz CT molecular complexity index is 802. The minimum absolute atomic E-state index is 0.00732. The van der Waals surface area contributed by atoms with Crippen molar-refractivity contribution in [1.29, 1.82) is 0 Å². The molecule has 0 spiro atoms. The Morgan fingerprint density at radius 2 is 1.64 bits per heavy atom. The number of carbonyl (C=O) groups is 2. The van der Waals surface area contributed by atoms with E-state index in [0.29, 0.717) is 6.42 Å². The molecular weight excluding hydrogens is 375 g/mol. The highest BCUT2D eigenvalue weighted by atomic mass is 19.4. The van der Waals surface area contributed by atoms with Crippen molar-refractivity contribution in [3.8, 4) is 5.75 Å². The molecule has 1 amide bonds. The topological polar surface area (TPSA) is 64.6 Å². The van der Waals surface area contributed by atoms with Crippen LogP contribution in [0.3, 0.4) is 0 Å². The zero-order valence-corrected chi connectivity index (χ0v) is 15.4. The summed E-state index contributed by atoms with van der Waals surface area (Å²) >= 11 is 0. The van der Waals surface area contributed by atoms with Gasteiger partial charge in [0.2, 0.25) is 0 Å². The van der Waals surface area contributed by atoms with Crippen molar-refractivity contribution in [3.63, 3.8) is 0 Å². The van der Waals surface area contributed by atoms with Crippen LogP contribution in [-0.2, 0) is 9.53 Å². The standard InChI is InChI=1S/C20H20F3NO4/c1-3-17(14-6-4-13(2)5-7-14)24-18(25)12-27-19(26)15-8-10-16(11-9-15)28-20(21,22)23/h4-11,17H,3,12H2,1-2H3,(H,24,25)/t17-/m0/s1. The fraction of sp³-hybridized carbons (Fsp3) is 0.300. The number of esters is 1. The SMILES string of the molecule is CC[C@H](NC(=O)COC(=O)c1ccc(OC(F)(F)F)cc1)c1ccc(C)cc1. The first-order valence-corrected chi connectivity index (χ1v) is 8.57. The summed E-state index contributed by atoms with van der Waals surface area (Å²) in [6.45, 7) is 3.38. The van der Waals surface area contributed by atoms with Gasteiger partial charge in [-0.2, -0.15) is 0 Å². The fourth-order valence-electron chi connectivity index (χ4n) is 2.46. The van der Waals surface area contributed by atoms with Gasteiger partial charge in [0.25, 0.3) is 5.91 Å². The van der Waals surface area contributed by atoms with Crippen LogP contribution in [0.1, 0.15) is 40.9 Å². The highest BCUT2D eigenvalue weighted by Crippen LogP contribution is 2.23. The lowest BCUT2D eigenvalue weighted by Crippen LogP contribution is -2.32. The predicted molar refractivity (Wildman–Crippen MR) is 95.8 cm³/mol. The van der Waals surface area contributed by atoms with E-state index in [-0.39, 0.29) is 11.6 Å². The van der Waals surface area contributed by atoms with Crippen LogP contribution in [0.15, 0.2) is 48.5 Å². The van der Waals surface area contributed by atoms with Crippen LogP contribution >= 0.6 is 0 Å². The summed E-state index contributed by atoms with van der Waals surface area (Å²) in [7, 11) is 0. The third-order valence-electron chi connectivity index (χ3n) is 3.88. The number of hydrogen-bond acceptors (Lipinski definition) is 4. The van der Waals surface area contributed by atoms with Gasteiger partial charge in [-0.1, -0.05) is 36.8 Å². The average molecular weight is 395 g/mol. The van der Waals surface area contributed by atoms with E-state index in [1.54, 1.807) is 0 Å². The number of halogens is 3. The van der Waals surface area contributed by atoms with Gasteiger partial charge < -0.3 is 14.8 Å². The minimum atomic E-state index is -4.81. The molecule has 0 aliphatic heterocycles. The van der Waals surface area contributed by atoms with Crippen LogP contribution in [0.2, 0.25) is 0 Å². The number of rotatable bonds is 7. The Labute approximate surface area is 160 Å². The van der Waals surface area contributed by atoms with E-state index < -0.39 is 30.6 Å². The molecule has 2 aromatic rings. The van der Waals surface area contributed by atoms with Gasteiger partial charge in [0.15, 0.2) is 6.61 Å². The Morgan fingerprint density at radius 1 is 1.04 bits per heavy atom. The summed E-state index contributed by atoms with van der Waals surface area (Å²) in [5.74, 6) is -1.75. The van der Waals surface area contributed by atoms with Crippen molar-refractivity contribution in [3.05, 3.63) is 65.2 Å². The van der Waals surface area contributed by atoms with Crippen LogP contribution in [0.5, 0.6) is 5.75 Å². The molecule has 0 radical (unpaired) electrons. The first kappa shape index (κ1) is 21.3. The lowest BCUT2D eigenvalue weighted by atomic mass is 10.0. The van der Waals surface area contributed by atoms with Crippen molar-refractivity contribution in [1.82, 2.24) is 5.32 Å². The number of nitrogens with one attached hydrogen (secondary N) is 1. The maximum absolute atomic E-state index is 12.1. The molecule has 0 aliphatic carbocycles. The van der Waals surface area contributed by atoms with Gasteiger partial charge in [-0.05, 0) is 43.2 Å². The van der Waals surface area contributed by atoms with Gasteiger partial charge >= 0.3 is 12.3 Å². The molecule has 2 aromatic carbocycles. The number of benzene rings is 2. The molecule has 1 N–H and O–H groups in total. The smallest absolute Gasteiger partial charge is 0.452 e. The molecule has 0 saturated carbocycles. The van der Waals surface area contributed by atoms with Crippen molar-refractivity contribution < 1.29 is 32.2 Å². The summed E-state index contributed by atoms with van der Waals surface area (Å²) in [4.78, 5) is 24.0. The molecule has 0 bridgehead atoms. The van der Waals surface area contributed by atoms with Crippen LogP contribution < -0.4 is 10.1 Å². The highest BCUT2D eigenvalue weighted by molar-refractivity contribution is 5.91. The molecule has 5 nitrogen and oxygen atoms in total. The molecule has 0 aliphatic rings. The van der Waals surface area contributed by atoms with Crippen molar-refractivity contribution >= 4 is 11.9 Å². The zero-order chi connectivity index (χ0) is 20.7. The minimum Gasteiger partial charge on any atom is -0.452 e. The lowest BCUT2D eigenvalue weighted by Gasteiger charge is -2.17. The van der Waals surface area contributed by atoms with E-state index in [1.165, 1.54) is 0 Å². The average Bonchev–Trinajstić information content (AvgIpc) is 2.64. The first-order valence-electron chi connectivity index (χ1n) is 8.57. The molecule has 0 unspecified atom stereocenters. The quantitative estimate of drug-likeness (QED) is 0.710. The zero-order valence-electron chi connectivity index (χ0n) is 15.4. The summed E-state index contributed by atoms with van der Waals surface area (Å²) in [6.07, 6.45) is -4.16. The molecular formula is C20H20F3NO4. The first-order chi connectivity index (χ1) is 13.2. The maximum Gasteiger partial charge on any atom is 0.573 e. The molecule has 8 heteroatoms. The molecule has 28 heavy (non-hydrogen) atoms. The van der Waals surface area contributed by atoms with Crippen molar-refractivity contribution in [2.75, 3.05) is 6.61 Å². The van der Waals surface area contributed by atoms with Gasteiger partial charge in [-0.3, -0.25) is 4.79 Å². The van der Waals surface area contributed by atoms with Gasteiger partial charge in [0, 0.05) is 0 Å². The Morgan fingerprint density at radius 3 is 2.18 bits per heavy atom. The fourth-order valence-corrected chi connectivity index (χ4v) is 2.46. The molecule has 0 saturated heterocycles. The summed E-state index contributed by atoms with van der Waals surface area (Å²) < 4.78 is 45.0. The number of amides is 1. The van der Waals surface area contributed by atoms with Crippen LogP contribution in [0.25, 0.3) is 0 Å². The van der Waals surface area contributed by atoms with Crippen molar-refractivity contribution in [2.45, 2.75) is 32.7 Å². The molecule has 0 aromatic heterocycles. The Balaban J connectivity index is 1.87. The van der Waals surface area contributed by atoms with E-state index in [2.05, 4.69) is 10.1 Å². The number of alkyl halides is 3. The second kappa shape index (κ2) is 9.25. The molecule has 1 atom stereocenters. The number of carbonyl (C=O) groups excluding carboxylic acids is 2. The number of aryl methyl sites for hydroxylation is 1. The lowest BCUT2D eigenvalue weighted by molar-refractivity contribution is -0.274. The maximum atomic E-state index is 12.1. The normalized spacial score (nSPS) is 12.2. The molecule has 0 heterocycles. The second-order valence-corrected chi connectivity index (χ2v) is 6.09. The third kappa shape index (κ3) is 6.61. The van der Waals surface area contributed by atoms with Crippen LogP contribution in [-0.4, -0.2) is 24.8 Å². The van der Waals surface area contributed by atoms with Crippen molar-refractivity contribution in [2.24, 2.45) is 0 Å². The monoisotopic (exact) mass is 395 g/mol. The largest absolute Gasteiger partial charge is 0.573 e. The third-order valence-corrected chi connectivity index (χ3v) is 3.88. The predicted octanol–water partition coefficient (Wildman–Crippen LogP) is 4.32. The van der Waals surface area contributed by atoms with E-state index in [4.69, 9.17) is 4.74 Å². The second-order valence-electron chi connectivity index (χ2n) is 6.09. The Hall–Kier alpha value is -3.03. The van der Waals surface area contributed by atoms with Gasteiger partial charge in [0.1, 0.15) is 5.75 Å². The van der Waals surface area contributed by atoms with Crippen LogP contribution in [0.4, 0.5) is 13.2 Å². The van der Waals surface area contributed by atoms with Crippen LogP contribution in [0, 0.1) is 6.92 Å². The number of ether oxygens (including phenoxy) is 2. The number of hydrogen-bond donors (Lipinski definition) is 1. The van der Waals surface area contributed by atoms with E-state index in [1.807, 2.05) is 38.1 Å². The molecule has 0 fully saturated rings. The van der Waals surface area contributed by atoms with E-state index in [9.17, 15) is 22.8 Å². The van der Waals surface area contributed by atoms with E-state index >= 15 is 0 Å².